The van der Waals surface area contributed by atoms with Crippen LogP contribution < -0.4 is 25.0 Å². The van der Waals surface area contributed by atoms with E-state index in [0.717, 1.165) is 32.1 Å². The van der Waals surface area contributed by atoms with Crippen molar-refractivity contribution in [3.05, 3.63) is 0 Å². The molecule has 3 aliphatic carbocycles. The predicted molar refractivity (Wildman–Crippen MR) is 101 cm³/mol. The van der Waals surface area contributed by atoms with Crippen LogP contribution in [0.3, 0.4) is 0 Å². The molecule has 156 valence electrons. The Morgan fingerprint density at radius 2 is 2.07 bits per heavy atom. The summed E-state index contributed by atoms with van der Waals surface area (Å²) in [6, 6.07) is 0. The molecule has 5 aliphatic rings. The van der Waals surface area contributed by atoms with Crippen molar-refractivity contribution in [2.24, 2.45) is 23.7 Å². The number of carbonyl (C=O) groups is 3. The second-order valence-electron chi connectivity index (χ2n) is 8.60. The van der Waals surface area contributed by atoms with E-state index in [-0.39, 0.29) is 64.8 Å². The molecule has 2 bridgehead atoms. The predicted octanol–water partition coefficient (Wildman–Crippen LogP) is -1.29. The van der Waals surface area contributed by atoms with Gasteiger partial charge in [0.2, 0.25) is 0 Å². The van der Waals surface area contributed by atoms with Crippen LogP contribution in [-0.2, 0) is 28.6 Å². The summed E-state index contributed by atoms with van der Waals surface area (Å²) in [5, 5.41) is 0. The molecule has 2 heterocycles. The number of hydrogen-bond donors (Lipinski definition) is 1. The molecule has 9 heteroatoms. The van der Waals surface area contributed by atoms with Crippen molar-refractivity contribution in [3.63, 3.8) is 0 Å². The van der Waals surface area contributed by atoms with E-state index in [9.17, 15) is 14.4 Å². The molecule has 5 fully saturated rings. The molecule has 0 aromatic rings. The van der Waals surface area contributed by atoms with Crippen LogP contribution in [0.15, 0.2) is 0 Å². The van der Waals surface area contributed by atoms with Crippen LogP contribution in [0.25, 0.3) is 0 Å². The quantitative estimate of drug-likeness (QED) is 0.0755. The number of hydrogen-bond acceptors (Lipinski definition) is 7. The fourth-order valence-corrected chi connectivity index (χ4v) is 8.87. The van der Waals surface area contributed by atoms with Crippen molar-refractivity contribution in [2.45, 2.75) is 71.2 Å². The van der Waals surface area contributed by atoms with Crippen LogP contribution in [0.5, 0.6) is 0 Å². The van der Waals surface area contributed by atoms with E-state index in [1.165, 1.54) is 0 Å². The summed E-state index contributed by atoms with van der Waals surface area (Å²) in [7, 11) is 0. The molecule has 28 heavy (non-hydrogen) atoms. The Morgan fingerprint density at radius 1 is 1.36 bits per heavy atom. The van der Waals surface area contributed by atoms with Gasteiger partial charge in [-0.05, 0) is 0 Å². The maximum atomic E-state index is 13.2. The topological polar surface area (TPSA) is 101 Å². The summed E-state index contributed by atoms with van der Waals surface area (Å²) in [6.07, 6.45) is 4.49. The van der Waals surface area contributed by atoms with E-state index in [0.29, 0.717) is 6.42 Å². The monoisotopic (exact) mass is 616 g/mol. The summed E-state index contributed by atoms with van der Waals surface area (Å²) in [5.41, 5.74) is -0.387. The molecule has 0 aromatic heterocycles. The second kappa shape index (κ2) is 7.21. The van der Waals surface area contributed by atoms with Gasteiger partial charge in [0.1, 0.15) is 0 Å². The maximum absolute atomic E-state index is 13.2. The first-order valence-corrected chi connectivity index (χ1v) is 13.7. The van der Waals surface area contributed by atoms with Crippen molar-refractivity contribution < 1.29 is 50.1 Å². The molecule has 0 radical (unpaired) electrons. The Hall–Kier alpha value is -0.170. The van der Waals surface area contributed by atoms with Crippen LogP contribution >= 0.6 is 22.6 Å². The molecule has 0 aromatic carbocycles. The van der Waals surface area contributed by atoms with Crippen LogP contribution in [-0.4, -0.2) is 43.7 Å². The standard InChI is InChI=1S/C19H24I2NO6/c1-2-19(5-3-4-6-19)28-17(24)11-9-7-8-10(11)16(23)26-13(8)14(9)27-18(25)12(20)15-21-22-15/h8-15,22H,2-7H2,1H3/q-1. The SMILES string of the molecule is CCC1(OC(=O)C2C3CC4C(OC(=O)C42)C3OC(=O)C(I)C2N[I-]2)CCCC1. The number of esters is 3. The molecular weight excluding hydrogens is 592 g/mol. The molecule has 0 amide bonds. The van der Waals surface area contributed by atoms with Crippen molar-refractivity contribution in [1.29, 1.82) is 0 Å². The molecule has 1 N–H and O–H groups in total. The van der Waals surface area contributed by atoms with Gasteiger partial charge in [0.25, 0.3) is 0 Å². The van der Waals surface area contributed by atoms with E-state index in [1.54, 1.807) is 0 Å². The molecule has 8 unspecified atom stereocenters. The molecule has 8 atom stereocenters. The number of halogens is 2. The van der Waals surface area contributed by atoms with Gasteiger partial charge in [0, 0.05) is 0 Å². The number of ether oxygens (including phenoxy) is 3. The van der Waals surface area contributed by atoms with Crippen molar-refractivity contribution in [1.82, 2.24) is 3.53 Å². The number of rotatable bonds is 6. The fourth-order valence-electron chi connectivity index (χ4n) is 5.76. The Kier molecular flexibility index (Phi) is 5.09. The third-order valence-electron chi connectivity index (χ3n) is 7.26. The van der Waals surface area contributed by atoms with E-state index in [1.807, 2.05) is 0 Å². The van der Waals surface area contributed by atoms with Crippen molar-refractivity contribution in [2.75, 3.05) is 0 Å². The van der Waals surface area contributed by atoms with Gasteiger partial charge in [0.05, 0.1) is 0 Å². The summed E-state index contributed by atoms with van der Waals surface area (Å²) in [6.45, 7) is 2.05. The van der Waals surface area contributed by atoms with Gasteiger partial charge >= 0.3 is 189 Å². The first-order chi connectivity index (χ1) is 13.4. The molecule has 0 spiro atoms. The normalized spacial score (nSPS) is 43.2. The van der Waals surface area contributed by atoms with Gasteiger partial charge in [-0.2, -0.15) is 0 Å². The van der Waals surface area contributed by atoms with Crippen molar-refractivity contribution >= 4 is 40.5 Å². The first-order valence-electron chi connectivity index (χ1n) is 10.1. The van der Waals surface area contributed by atoms with Gasteiger partial charge in [-0.1, -0.05) is 0 Å². The zero-order valence-corrected chi connectivity index (χ0v) is 19.9. The number of alkyl halides is 2. The number of fused-ring (bicyclic) bond motifs is 1. The third kappa shape index (κ3) is 3.09. The molecule has 7 nitrogen and oxygen atoms in total. The fraction of sp³-hybridized carbons (Fsp3) is 0.842. The van der Waals surface area contributed by atoms with Crippen LogP contribution in [0.1, 0.15) is 45.4 Å². The van der Waals surface area contributed by atoms with Crippen molar-refractivity contribution in [3.8, 4) is 0 Å². The van der Waals surface area contributed by atoms with Gasteiger partial charge in [-0.15, -0.1) is 0 Å². The summed E-state index contributed by atoms with van der Waals surface area (Å²) >= 11 is 2.03. The Bertz CT molecular complexity index is 707. The summed E-state index contributed by atoms with van der Waals surface area (Å²) in [4.78, 5) is 38.3. The van der Waals surface area contributed by atoms with Crippen LogP contribution in [0.2, 0.25) is 0 Å². The van der Waals surface area contributed by atoms with Gasteiger partial charge in [0.15, 0.2) is 0 Å². The Morgan fingerprint density at radius 3 is 2.71 bits per heavy atom. The van der Waals surface area contributed by atoms with E-state index >= 15 is 0 Å². The second-order valence-corrected chi connectivity index (χ2v) is 12.5. The number of nitrogens with one attached hydrogen (secondary N) is 1. The van der Waals surface area contributed by atoms with E-state index < -0.39 is 24.0 Å². The van der Waals surface area contributed by atoms with Gasteiger partial charge < -0.3 is 0 Å². The minimum absolute atomic E-state index is 0.0341. The summed E-state index contributed by atoms with van der Waals surface area (Å²) < 4.78 is 20.7. The molecular formula is C19H24I2NO6-. The van der Waals surface area contributed by atoms with E-state index in [4.69, 9.17) is 14.2 Å². The molecule has 5 rings (SSSR count). The average molecular weight is 616 g/mol. The van der Waals surface area contributed by atoms with Crippen LogP contribution in [0.4, 0.5) is 0 Å². The molecule has 2 aliphatic heterocycles. The minimum atomic E-state index is -0.544. The Labute approximate surface area is 188 Å². The van der Waals surface area contributed by atoms with Gasteiger partial charge in [-0.3, -0.25) is 0 Å². The van der Waals surface area contributed by atoms with Crippen LogP contribution in [0, 0.1) is 23.7 Å². The van der Waals surface area contributed by atoms with E-state index in [2.05, 4.69) is 33.0 Å². The number of carbonyl (C=O) groups excluding carboxylic acids is 3. The molecule has 3 saturated carbocycles. The Balaban J connectivity index is 1.34. The molecule has 2 saturated heterocycles. The van der Waals surface area contributed by atoms with Gasteiger partial charge in [-0.25, -0.2) is 0 Å². The third-order valence-corrected chi connectivity index (χ3v) is 11.9. The average Bonchev–Trinajstić information content (AvgIpc) is 3.04. The zero-order valence-electron chi connectivity index (χ0n) is 15.6. The summed E-state index contributed by atoms with van der Waals surface area (Å²) in [5.74, 6) is -2.07. The zero-order chi connectivity index (χ0) is 19.6. The first kappa shape index (κ1) is 19.8.